The minimum Gasteiger partial charge on any atom is -0.495 e. The van der Waals surface area contributed by atoms with E-state index in [1.807, 2.05) is 19.1 Å². The summed E-state index contributed by atoms with van der Waals surface area (Å²) in [6, 6.07) is 5.43. The highest BCUT2D eigenvalue weighted by Crippen LogP contribution is 2.31. The second kappa shape index (κ2) is 5.35. The number of nitrogen functional groups attached to an aromatic ring is 1. The maximum Gasteiger partial charge on any atom is 0.143 e. The molecule has 0 heterocycles. The smallest absolute Gasteiger partial charge is 0.143 e. The molecule has 1 aromatic rings. The molecule has 2 N–H and O–H groups in total. The molecule has 1 atom stereocenters. The molecule has 86 valence electrons. The van der Waals surface area contributed by atoms with E-state index < -0.39 is 0 Å². The summed E-state index contributed by atoms with van der Waals surface area (Å²) < 4.78 is 5.12. The molecule has 3 nitrogen and oxygen atoms in total. The molecule has 1 aromatic carbocycles. The molecule has 16 heavy (non-hydrogen) atoms. The minimum absolute atomic E-state index is 0.106. The van der Waals surface area contributed by atoms with E-state index in [1.54, 1.807) is 19.3 Å². The quantitative estimate of drug-likeness (QED) is 0.611. The fourth-order valence-electron chi connectivity index (χ4n) is 1.66. The highest BCUT2D eigenvalue weighted by atomic mass is 16.5. The molecule has 0 radical (unpaired) electrons. The summed E-state index contributed by atoms with van der Waals surface area (Å²) in [6.45, 7) is 5.51. The predicted molar refractivity (Wildman–Crippen MR) is 65.6 cm³/mol. The number of ketones is 1. The average Bonchev–Trinajstić information content (AvgIpc) is 2.31. The zero-order valence-corrected chi connectivity index (χ0v) is 9.69. The van der Waals surface area contributed by atoms with Crippen molar-refractivity contribution in [2.75, 3.05) is 12.8 Å². The van der Waals surface area contributed by atoms with E-state index in [4.69, 9.17) is 10.5 Å². The largest absolute Gasteiger partial charge is 0.495 e. The van der Waals surface area contributed by atoms with Crippen molar-refractivity contribution in [2.24, 2.45) is 0 Å². The van der Waals surface area contributed by atoms with E-state index >= 15 is 0 Å². The number of hydrogen-bond donors (Lipinski definition) is 1. The second-order valence-electron chi connectivity index (χ2n) is 3.50. The molecule has 1 rings (SSSR count). The van der Waals surface area contributed by atoms with Crippen LogP contribution in [0.5, 0.6) is 5.75 Å². The topological polar surface area (TPSA) is 52.3 Å². The zero-order chi connectivity index (χ0) is 12.1. The van der Waals surface area contributed by atoms with E-state index in [-0.39, 0.29) is 11.7 Å². The van der Waals surface area contributed by atoms with E-state index in [0.717, 1.165) is 5.56 Å². The summed E-state index contributed by atoms with van der Waals surface area (Å²) in [5.74, 6) is 0.350. The molecule has 1 unspecified atom stereocenters. The van der Waals surface area contributed by atoms with Gasteiger partial charge in [-0.2, -0.15) is 0 Å². The summed E-state index contributed by atoms with van der Waals surface area (Å²) in [5, 5.41) is 0. The molecule has 3 heteroatoms. The van der Waals surface area contributed by atoms with E-state index in [9.17, 15) is 4.79 Å². The molecule has 0 fully saturated rings. The van der Waals surface area contributed by atoms with Crippen LogP contribution in [-0.2, 0) is 4.79 Å². The number of nitrogens with two attached hydrogens (primary N) is 1. The molecule has 0 bridgehead atoms. The third kappa shape index (κ3) is 2.24. The van der Waals surface area contributed by atoms with Crippen molar-refractivity contribution in [1.29, 1.82) is 0 Å². The molecule has 0 aliphatic heterocycles. The van der Waals surface area contributed by atoms with Gasteiger partial charge in [0.2, 0.25) is 0 Å². The van der Waals surface area contributed by atoms with Gasteiger partial charge in [-0.25, -0.2) is 0 Å². The van der Waals surface area contributed by atoms with Gasteiger partial charge in [0.15, 0.2) is 0 Å². The lowest BCUT2D eigenvalue weighted by Gasteiger charge is -2.15. The number of hydrogen-bond acceptors (Lipinski definition) is 3. The molecular weight excluding hydrogens is 202 g/mol. The van der Waals surface area contributed by atoms with Gasteiger partial charge in [-0.05, 0) is 11.6 Å². The SMILES string of the molecule is C=CC(C(=O)CC)c1cccc(OC)c1N. The Morgan fingerprint density at radius 1 is 1.62 bits per heavy atom. The van der Waals surface area contributed by atoms with Crippen LogP contribution < -0.4 is 10.5 Å². The van der Waals surface area contributed by atoms with Crippen LogP contribution in [-0.4, -0.2) is 12.9 Å². The number of benzene rings is 1. The third-order valence-corrected chi connectivity index (χ3v) is 2.59. The lowest BCUT2D eigenvalue weighted by Crippen LogP contribution is -2.11. The first kappa shape index (κ1) is 12.3. The first-order valence-corrected chi connectivity index (χ1v) is 5.23. The standard InChI is InChI=1S/C13H17NO2/c1-4-9(11(15)5-2)10-7-6-8-12(16-3)13(10)14/h4,6-9H,1,5,14H2,2-3H3. The zero-order valence-electron chi connectivity index (χ0n) is 9.69. The van der Waals surface area contributed by atoms with Gasteiger partial charge >= 0.3 is 0 Å². The molecule has 0 aromatic heterocycles. The van der Waals surface area contributed by atoms with Crippen LogP contribution in [0.3, 0.4) is 0 Å². The molecule has 0 aliphatic carbocycles. The lowest BCUT2D eigenvalue weighted by molar-refractivity contribution is -0.119. The van der Waals surface area contributed by atoms with Crippen molar-refractivity contribution >= 4 is 11.5 Å². The molecule has 0 aliphatic rings. The van der Waals surface area contributed by atoms with Crippen molar-refractivity contribution in [1.82, 2.24) is 0 Å². The van der Waals surface area contributed by atoms with Crippen molar-refractivity contribution in [3.05, 3.63) is 36.4 Å². The van der Waals surface area contributed by atoms with Gasteiger partial charge in [0, 0.05) is 6.42 Å². The van der Waals surface area contributed by atoms with Gasteiger partial charge < -0.3 is 10.5 Å². The molecular formula is C13H17NO2. The summed E-state index contributed by atoms with van der Waals surface area (Å²) in [7, 11) is 1.56. The fourth-order valence-corrected chi connectivity index (χ4v) is 1.66. The number of rotatable bonds is 5. The summed E-state index contributed by atoms with van der Waals surface area (Å²) >= 11 is 0. The van der Waals surface area contributed by atoms with Crippen LogP contribution >= 0.6 is 0 Å². The molecule has 0 amide bonds. The number of para-hydroxylation sites is 1. The number of Topliss-reactive ketones (excluding diaryl/α,β-unsaturated/α-hetero) is 1. The van der Waals surface area contributed by atoms with Crippen LogP contribution in [0.15, 0.2) is 30.9 Å². The molecule has 0 saturated heterocycles. The number of methoxy groups -OCH3 is 1. The van der Waals surface area contributed by atoms with Crippen LogP contribution in [0.2, 0.25) is 0 Å². The van der Waals surface area contributed by atoms with Crippen LogP contribution in [0.4, 0.5) is 5.69 Å². The summed E-state index contributed by atoms with van der Waals surface area (Å²) in [6.07, 6.45) is 2.09. The number of anilines is 1. The van der Waals surface area contributed by atoms with Gasteiger partial charge in [0.05, 0.1) is 18.7 Å². The van der Waals surface area contributed by atoms with Crippen molar-refractivity contribution in [2.45, 2.75) is 19.3 Å². The van der Waals surface area contributed by atoms with Gasteiger partial charge in [-0.1, -0.05) is 25.1 Å². The van der Waals surface area contributed by atoms with Gasteiger partial charge in [0.1, 0.15) is 11.5 Å². The Hall–Kier alpha value is -1.77. The highest BCUT2D eigenvalue weighted by Gasteiger charge is 2.19. The maximum atomic E-state index is 11.7. The van der Waals surface area contributed by atoms with E-state index in [2.05, 4.69) is 6.58 Å². The number of allylic oxidation sites excluding steroid dienone is 1. The van der Waals surface area contributed by atoms with Crippen molar-refractivity contribution in [3.63, 3.8) is 0 Å². The van der Waals surface area contributed by atoms with Crippen molar-refractivity contribution in [3.8, 4) is 5.75 Å². The van der Waals surface area contributed by atoms with Gasteiger partial charge in [-0.3, -0.25) is 4.79 Å². The average molecular weight is 219 g/mol. The fraction of sp³-hybridized carbons (Fsp3) is 0.308. The number of ether oxygens (including phenoxy) is 1. The Kier molecular flexibility index (Phi) is 4.11. The van der Waals surface area contributed by atoms with Gasteiger partial charge in [0.25, 0.3) is 0 Å². The Balaban J connectivity index is 3.20. The third-order valence-electron chi connectivity index (χ3n) is 2.59. The van der Waals surface area contributed by atoms with E-state index in [0.29, 0.717) is 17.9 Å². The Bertz CT molecular complexity index is 399. The van der Waals surface area contributed by atoms with Crippen LogP contribution in [0.1, 0.15) is 24.8 Å². The summed E-state index contributed by atoms with van der Waals surface area (Å²) in [4.78, 5) is 11.7. The molecule has 0 saturated carbocycles. The lowest BCUT2D eigenvalue weighted by atomic mass is 9.92. The van der Waals surface area contributed by atoms with Crippen molar-refractivity contribution < 1.29 is 9.53 Å². The Labute approximate surface area is 95.9 Å². The minimum atomic E-state index is -0.347. The highest BCUT2D eigenvalue weighted by molar-refractivity contribution is 5.89. The predicted octanol–water partition coefficient (Wildman–Crippen LogP) is 2.53. The van der Waals surface area contributed by atoms with Crippen LogP contribution in [0, 0.1) is 0 Å². The van der Waals surface area contributed by atoms with Gasteiger partial charge in [-0.15, -0.1) is 6.58 Å². The van der Waals surface area contributed by atoms with Crippen LogP contribution in [0.25, 0.3) is 0 Å². The molecule has 0 spiro atoms. The number of carbonyl (C=O) groups excluding carboxylic acids is 1. The summed E-state index contributed by atoms with van der Waals surface area (Å²) in [5.41, 5.74) is 7.21. The monoisotopic (exact) mass is 219 g/mol. The maximum absolute atomic E-state index is 11.7. The second-order valence-corrected chi connectivity index (χ2v) is 3.50. The Morgan fingerprint density at radius 3 is 2.81 bits per heavy atom. The Morgan fingerprint density at radius 2 is 2.31 bits per heavy atom. The first-order chi connectivity index (χ1) is 7.65. The first-order valence-electron chi connectivity index (χ1n) is 5.23. The number of carbonyl (C=O) groups is 1. The van der Waals surface area contributed by atoms with E-state index in [1.165, 1.54) is 0 Å². The normalized spacial score (nSPS) is 11.9.